The zero-order valence-electron chi connectivity index (χ0n) is 19.2. The summed E-state index contributed by atoms with van der Waals surface area (Å²) in [7, 11) is 1.37. The van der Waals surface area contributed by atoms with E-state index < -0.39 is 5.97 Å². The number of nitrogens with one attached hydrogen (secondary N) is 1. The van der Waals surface area contributed by atoms with Crippen molar-refractivity contribution >= 4 is 23.8 Å². The molecule has 1 aliphatic rings. The number of hydrogen-bond acceptors (Lipinski definition) is 5. The molecule has 33 heavy (non-hydrogen) atoms. The molecular weight excluding hydrogens is 416 g/mol. The van der Waals surface area contributed by atoms with E-state index in [1.54, 1.807) is 18.3 Å². The zero-order valence-corrected chi connectivity index (χ0v) is 19.2. The maximum absolute atomic E-state index is 12.5. The van der Waals surface area contributed by atoms with Crippen molar-refractivity contribution in [2.24, 2.45) is 5.10 Å². The van der Waals surface area contributed by atoms with Crippen LogP contribution < -0.4 is 10.3 Å². The van der Waals surface area contributed by atoms with Gasteiger partial charge in [0.1, 0.15) is 0 Å². The molecule has 1 aliphatic heterocycles. The van der Waals surface area contributed by atoms with E-state index in [4.69, 9.17) is 4.74 Å². The Labute approximate surface area is 193 Å². The van der Waals surface area contributed by atoms with Gasteiger partial charge in [0.25, 0.3) is 5.91 Å². The highest BCUT2D eigenvalue weighted by molar-refractivity contribution is 5.96. The second-order valence-corrected chi connectivity index (χ2v) is 8.11. The molecule has 1 fully saturated rings. The number of hydrazone groups is 1. The molecule has 2 heterocycles. The molecule has 0 aliphatic carbocycles. The minimum atomic E-state index is -0.392. The number of benzene rings is 2. The fraction of sp³-hybridized carbons (Fsp3) is 0.269. The predicted octanol–water partition coefficient (Wildman–Crippen LogP) is 4.24. The molecule has 7 nitrogen and oxygen atoms in total. The van der Waals surface area contributed by atoms with Crippen LogP contribution in [0.4, 0.5) is 5.69 Å². The largest absolute Gasteiger partial charge is 0.465 e. The lowest BCUT2D eigenvalue weighted by atomic mass is 10.1. The minimum absolute atomic E-state index is 0.260. The summed E-state index contributed by atoms with van der Waals surface area (Å²) in [5, 5.41) is 4.16. The van der Waals surface area contributed by atoms with Gasteiger partial charge in [-0.25, -0.2) is 10.2 Å². The Morgan fingerprint density at radius 1 is 1.03 bits per heavy atom. The Bertz CT molecular complexity index is 1190. The first-order valence-electron chi connectivity index (χ1n) is 11.0. The number of ether oxygens (including phenoxy) is 1. The SMILES string of the molecule is COC(=O)c1ccccc1-n1c(C)cc(/C=N\NC(=O)c2ccc(N3CCCC3)cc2)c1C. The maximum Gasteiger partial charge on any atom is 0.339 e. The Morgan fingerprint density at radius 2 is 1.73 bits per heavy atom. The van der Waals surface area contributed by atoms with Crippen molar-refractivity contribution in [1.82, 2.24) is 9.99 Å². The van der Waals surface area contributed by atoms with Crippen molar-refractivity contribution in [2.45, 2.75) is 26.7 Å². The standard InChI is InChI=1S/C26H28N4O3/c1-18-16-21(19(2)30(18)24-9-5-4-8-23(24)26(32)33-3)17-27-28-25(31)20-10-12-22(13-11-20)29-14-6-7-15-29/h4-5,8-13,16-17H,6-7,14-15H2,1-3H3,(H,28,31)/b27-17-. The lowest BCUT2D eigenvalue weighted by Gasteiger charge is -2.17. The van der Waals surface area contributed by atoms with Crippen molar-refractivity contribution in [3.63, 3.8) is 0 Å². The number of aryl methyl sites for hydroxylation is 1. The molecule has 0 radical (unpaired) electrons. The summed E-state index contributed by atoms with van der Waals surface area (Å²) in [4.78, 5) is 27.0. The summed E-state index contributed by atoms with van der Waals surface area (Å²) in [6, 6.07) is 16.9. The van der Waals surface area contributed by atoms with Crippen molar-refractivity contribution < 1.29 is 14.3 Å². The van der Waals surface area contributed by atoms with E-state index in [9.17, 15) is 9.59 Å². The molecule has 1 saturated heterocycles. The smallest absolute Gasteiger partial charge is 0.339 e. The molecule has 4 rings (SSSR count). The van der Waals surface area contributed by atoms with E-state index in [-0.39, 0.29) is 5.91 Å². The van der Waals surface area contributed by atoms with Crippen LogP contribution in [0.2, 0.25) is 0 Å². The van der Waals surface area contributed by atoms with Crippen molar-refractivity contribution in [1.29, 1.82) is 0 Å². The Balaban J connectivity index is 1.49. The molecule has 0 spiro atoms. The van der Waals surface area contributed by atoms with E-state index in [0.717, 1.165) is 41.4 Å². The van der Waals surface area contributed by atoms with Gasteiger partial charge in [0, 0.05) is 41.3 Å². The number of methoxy groups -OCH3 is 1. The van der Waals surface area contributed by atoms with Crippen molar-refractivity contribution in [2.75, 3.05) is 25.1 Å². The van der Waals surface area contributed by atoms with E-state index in [0.29, 0.717) is 11.1 Å². The van der Waals surface area contributed by atoms with Crippen LogP contribution in [0.1, 0.15) is 50.5 Å². The quantitative estimate of drug-likeness (QED) is 0.350. The topological polar surface area (TPSA) is 75.9 Å². The summed E-state index contributed by atoms with van der Waals surface area (Å²) in [5.74, 6) is -0.652. The highest BCUT2D eigenvalue weighted by Gasteiger charge is 2.17. The number of esters is 1. The monoisotopic (exact) mass is 444 g/mol. The average molecular weight is 445 g/mol. The van der Waals surface area contributed by atoms with Crippen LogP contribution in [0.15, 0.2) is 59.7 Å². The van der Waals surface area contributed by atoms with Gasteiger partial charge in [-0.15, -0.1) is 0 Å². The van der Waals surface area contributed by atoms with E-state index in [2.05, 4.69) is 15.4 Å². The van der Waals surface area contributed by atoms with Crippen LogP contribution in [0.25, 0.3) is 5.69 Å². The van der Waals surface area contributed by atoms with E-state index in [1.807, 2.05) is 60.9 Å². The normalized spacial score (nSPS) is 13.5. The molecule has 0 saturated carbocycles. The van der Waals surface area contributed by atoms with Gasteiger partial charge in [-0.05, 0) is 69.2 Å². The molecule has 0 bridgehead atoms. The summed E-state index contributed by atoms with van der Waals surface area (Å²) < 4.78 is 6.90. The highest BCUT2D eigenvalue weighted by Crippen LogP contribution is 2.23. The molecule has 1 amide bonds. The lowest BCUT2D eigenvalue weighted by Crippen LogP contribution is -2.19. The first-order chi connectivity index (χ1) is 16.0. The number of amides is 1. The van der Waals surface area contributed by atoms with E-state index in [1.165, 1.54) is 20.0 Å². The number of carbonyl (C=O) groups is 2. The highest BCUT2D eigenvalue weighted by atomic mass is 16.5. The van der Waals surface area contributed by atoms with Crippen molar-refractivity contribution in [3.8, 4) is 5.69 Å². The van der Waals surface area contributed by atoms with Gasteiger partial charge >= 0.3 is 5.97 Å². The number of rotatable bonds is 6. The summed E-state index contributed by atoms with van der Waals surface area (Å²) in [6.45, 7) is 6.04. The Kier molecular flexibility index (Phi) is 6.58. The summed E-state index contributed by atoms with van der Waals surface area (Å²) in [5.41, 5.74) is 8.22. The lowest BCUT2D eigenvalue weighted by molar-refractivity contribution is 0.0600. The number of aromatic nitrogens is 1. The van der Waals surface area contributed by atoms with Gasteiger partial charge in [0.2, 0.25) is 0 Å². The molecule has 1 N–H and O–H groups in total. The van der Waals surface area contributed by atoms with E-state index >= 15 is 0 Å². The Morgan fingerprint density at radius 3 is 2.42 bits per heavy atom. The minimum Gasteiger partial charge on any atom is -0.465 e. The molecule has 7 heteroatoms. The van der Waals surface area contributed by atoms with Crippen LogP contribution in [0.3, 0.4) is 0 Å². The third-order valence-corrected chi connectivity index (χ3v) is 5.99. The molecule has 0 atom stereocenters. The van der Waals surface area contributed by atoms with Gasteiger partial charge in [-0.1, -0.05) is 12.1 Å². The van der Waals surface area contributed by atoms with Gasteiger partial charge < -0.3 is 14.2 Å². The fourth-order valence-electron chi connectivity index (χ4n) is 4.26. The number of para-hydroxylation sites is 1. The molecule has 1 aromatic heterocycles. The maximum atomic E-state index is 12.5. The molecule has 2 aromatic carbocycles. The fourth-order valence-corrected chi connectivity index (χ4v) is 4.26. The molecule has 0 unspecified atom stereocenters. The third kappa shape index (κ3) is 4.67. The number of hydrogen-bond donors (Lipinski definition) is 1. The number of nitrogens with zero attached hydrogens (tertiary/aromatic N) is 3. The first-order valence-corrected chi connectivity index (χ1v) is 11.0. The zero-order chi connectivity index (χ0) is 23.4. The predicted molar refractivity (Wildman–Crippen MR) is 130 cm³/mol. The molecular formula is C26H28N4O3. The van der Waals surface area contributed by atoms with Crippen LogP contribution in [0.5, 0.6) is 0 Å². The summed E-state index contributed by atoms with van der Waals surface area (Å²) >= 11 is 0. The number of carbonyl (C=O) groups excluding carboxylic acids is 2. The molecule has 3 aromatic rings. The van der Waals surface area contributed by atoms with Gasteiger partial charge in [0.15, 0.2) is 0 Å². The van der Waals surface area contributed by atoms with Crippen molar-refractivity contribution in [3.05, 3.63) is 82.7 Å². The van der Waals surface area contributed by atoms with Gasteiger partial charge in [-0.3, -0.25) is 4.79 Å². The van der Waals surface area contributed by atoms with Crippen LogP contribution in [-0.4, -0.2) is 42.9 Å². The van der Waals surface area contributed by atoms with Gasteiger partial charge in [-0.2, -0.15) is 5.10 Å². The first kappa shape index (κ1) is 22.3. The van der Waals surface area contributed by atoms with Gasteiger partial charge in [0.05, 0.1) is 24.6 Å². The third-order valence-electron chi connectivity index (χ3n) is 5.99. The molecule has 170 valence electrons. The van der Waals surface area contributed by atoms with Crippen LogP contribution in [0, 0.1) is 13.8 Å². The second kappa shape index (κ2) is 9.73. The number of anilines is 1. The summed E-state index contributed by atoms with van der Waals surface area (Å²) in [6.07, 6.45) is 4.05. The Hall–Kier alpha value is -3.87. The van der Waals surface area contributed by atoms with Crippen LogP contribution in [-0.2, 0) is 4.74 Å². The van der Waals surface area contributed by atoms with Crippen LogP contribution >= 0.6 is 0 Å². The second-order valence-electron chi connectivity index (χ2n) is 8.11. The average Bonchev–Trinajstić information content (AvgIpc) is 3.47.